The van der Waals surface area contributed by atoms with Gasteiger partial charge in [-0.05, 0) is 30.5 Å². The summed E-state index contributed by atoms with van der Waals surface area (Å²) >= 11 is 0. The lowest BCUT2D eigenvalue weighted by Crippen LogP contribution is -2.34. The normalized spacial score (nSPS) is 18.0. The molecule has 2 aromatic heterocycles. The fourth-order valence-corrected chi connectivity index (χ4v) is 2.49. The van der Waals surface area contributed by atoms with Crippen LogP contribution in [0.5, 0.6) is 0 Å². The number of aromatic nitrogens is 4. The van der Waals surface area contributed by atoms with Gasteiger partial charge in [-0.15, -0.1) is 0 Å². The molecule has 0 spiro atoms. The molecule has 5 nitrogen and oxygen atoms in total. The van der Waals surface area contributed by atoms with Crippen molar-refractivity contribution >= 4 is 0 Å². The summed E-state index contributed by atoms with van der Waals surface area (Å²) in [5, 5.41) is 4.23. The number of likely N-dealkylation sites (tertiary alicyclic amines) is 1. The molecule has 18 heavy (non-hydrogen) atoms. The maximum absolute atomic E-state index is 4.23. The Hall–Kier alpha value is -1.75. The molecule has 0 unspecified atom stereocenters. The van der Waals surface area contributed by atoms with E-state index in [1.807, 2.05) is 23.4 Å². The molecule has 5 heteroatoms. The van der Waals surface area contributed by atoms with Crippen LogP contribution in [0.1, 0.15) is 24.4 Å². The molecular weight excluding hydrogens is 226 g/mol. The fraction of sp³-hybridized carbons (Fsp3) is 0.462. The average molecular weight is 243 g/mol. The van der Waals surface area contributed by atoms with Gasteiger partial charge in [0, 0.05) is 32.0 Å². The van der Waals surface area contributed by atoms with Crippen LogP contribution in [0.3, 0.4) is 0 Å². The minimum atomic E-state index is 0.515. The van der Waals surface area contributed by atoms with Crippen LogP contribution >= 0.6 is 0 Å². The van der Waals surface area contributed by atoms with Crippen LogP contribution in [0.4, 0.5) is 0 Å². The summed E-state index contributed by atoms with van der Waals surface area (Å²) in [4.78, 5) is 10.6. The topological polar surface area (TPSA) is 46.8 Å². The van der Waals surface area contributed by atoms with Crippen LogP contribution in [0.2, 0.25) is 0 Å². The first-order chi connectivity index (χ1) is 8.92. The van der Waals surface area contributed by atoms with Crippen LogP contribution in [0.15, 0.2) is 37.2 Å². The van der Waals surface area contributed by atoms with Crippen LogP contribution < -0.4 is 0 Å². The van der Waals surface area contributed by atoms with Crippen molar-refractivity contribution < 1.29 is 0 Å². The Morgan fingerprint density at radius 1 is 1.11 bits per heavy atom. The number of hydrogen-bond acceptors (Lipinski definition) is 4. The van der Waals surface area contributed by atoms with E-state index in [1.54, 1.807) is 6.33 Å². The van der Waals surface area contributed by atoms with Gasteiger partial charge in [-0.25, -0.2) is 9.67 Å². The zero-order valence-corrected chi connectivity index (χ0v) is 10.3. The van der Waals surface area contributed by atoms with E-state index in [0.717, 1.165) is 32.5 Å². The lowest BCUT2D eigenvalue weighted by molar-refractivity contribution is 0.173. The van der Waals surface area contributed by atoms with Crippen LogP contribution in [-0.4, -0.2) is 37.7 Å². The molecule has 94 valence electrons. The van der Waals surface area contributed by atoms with Gasteiger partial charge in [0.2, 0.25) is 0 Å². The van der Waals surface area contributed by atoms with Gasteiger partial charge in [0.1, 0.15) is 12.7 Å². The summed E-state index contributed by atoms with van der Waals surface area (Å²) in [5.74, 6) is 0. The predicted octanol–water partition coefficient (Wildman–Crippen LogP) is 1.51. The highest BCUT2D eigenvalue weighted by atomic mass is 15.3. The van der Waals surface area contributed by atoms with Crippen molar-refractivity contribution in [2.75, 3.05) is 13.1 Å². The van der Waals surface area contributed by atoms with Crippen LogP contribution in [0.25, 0.3) is 0 Å². The molecule has 3 rings (SSSR count). The summed E-state index contributed by atoms with van der Waals surface area (Å²) in [7, 11) is 0. The maximum Gasteiger partial charge on any atom is 0.137 e. The molecule has 0 aromatic carbocycles. The minimum Gasteiger partial charge on any atom is -0.299 e. The number of nitrogens with zero attached hydrogens (tertiary/aromatic N) is 5. The summed E-state index contributed by atoms with van der Waals surface area (Å²) in [5.41, 5.74) is 1.34. The highest BCUT2D eigenvalue weighted by Crippen LogP contribution is 2.22. The summed E-state index contributed by atoms with van der Waals surface area (Å²) < 4.78 is 1.99. The van der Waals surface area contributed by atoms with Gasteiger partial charge >= 0.3 is 0 Å². The number of rotatable bonds is 3. The van der Waals surface area contributed by atoms with Crippen LogP contribution in [-0.2, 0) is 6.54 Å². The predicted molar refractivity (Wildman–Crippen MR) is 67.8 cm³/mol. The minimum absolute atomic E-state index is 0.515. The first-order valence-corrected chi connectivity index (χ1v) is 6.37. The summed E-state index contributed by atoms with van der Waals surface area (Å²) in [6.45, 7) is 3.26. The summed E-state index contributed by atoms with van der Waals surface area (Å²) in [6.07, 6.45) is 9.45. The van der Waals surface area contributed by atoms with E-state index in [9.17, 15) is 0 Å². The third-order valence-electron chi connectivity index (χ3n) is 3.52. The molecule has 1 aliphatic rings. The Kier molecular flexibility index (Phi) is 3.32. The van der Waals surface area contributed by atoms with E-state index in [1.165, 1.54) is 5.56 Å². The Morgan fingerprint density at radius 3 is 2.56 bits per heavy atom. The van der Waals surface area contributed by atoms with E-state index < -0.39 is 0 Å². The number of piperidine rings is 1. The molecule has 1 saturated heterocycles. The van der Waals surface area contributed by atoms with Gasteiger partial charge < -0.3 is 0 Å². The lowest BCUT2D eigenvalue weighted by atomic mass is 10.0. The molecule has 0 aliphatic carbocycles. The highest BCUT2D eigenvalue weighted by Gasteiger charge is 2.20. The van der Waals surface area contributed by atoms with E-state index in [0.29, 0.717) is 6.04 Å². The van der Waals surface area contributed by atoms with Crippen molar-refractivity contribution in [3.05, 3.63) is 42.7 Å². The molecular formula is C13H17N5. The zero-order chi connectivity index (χ0) is 12.2. The highest BCUT2D eigenvalue weighted by molar-refractivity contribution is 5.09. The van der Waals surface area contributed by atoms with Gasteiger partial charge in [0.15, 0.2) is 0 Å². The third-order valence-corrected chi connectivity index (χ3v) is 3.52. The number of pyridine rings is 1. The molecule has 0 saturated carbocycles. The van der Waals surface area contributed by atoms with Crippen molar-refractivity contribution in [3.63, 3.8) is 0 Å². The number of hydrogen-bond donors (Lipinski definition) is 0. The Labute approximate surface area is 106 Å². The SMILES string of the molecule is c1cc(CN2CCC(n3cncn3)CC2)ccn1. The van der Waals surface area contributed by atoms with Crippen molar-refractivity contribution in [1.29, 1.82) is 0 Å². The maximum atomic E-state index is 4.23. The van der Waals surface area contributed by atoms with Crippen molar-refractivity contribution in [2.24, 2.45) is 0 Å². The molecule has 0 radical (unpaired) electrons. The quantitative estimate of drug-likeness (QED) is 0.820. The monoisotopic (exact) mass is 243 g/mol. The molecule has 0 bridgehead atoms. The average Bonchev–Trinajstić information content (AvgIpc) is 2.95. The second kappa shape index (κ2) is 5.27. The van der Waals surface area contributed by atoms with E-state index in [2.05, 4.69) is 32.1 Å². The molecule has 0 atom stereocenters. The third kappa shape index (κ3) is 2.56. The Bertz CT molecular complexity index is 459. The second-order valence-corrected chi connectivity index (χ2v) is 4.74. The van der Waals surface area contributed by atoms with Gasteiger partial charge in [-0.2, -0.15) is 5.10 Å². The Morgan fingerprint density at radius 2 is 1.89 bits per heavy atom. The van der Waals surface area contributed by atoms with E-state index >= 15 is 0 Å². The van der Waals surface area contributed by atoms with Gasteiger partial charge in [0.05, 0.1) is 6.04 Å². The smallest absolute Gasteiger partial charge is 0.137 e. The molecule has 0 N–H and O–H groups in total. The molecule has 1 aliphatic heterocycles. The first kappa shape index (κ1) is 11.3. The van der Waals surface area contributed by atoms with Crippen LogP contribution in [0, 0.1) is 0 Å². The van der Waals surface area contributed by atoms with E-state index in [-0.39, 0.29) is 0 Å². The largest absolute Gasteiger partial charge is 0.299 e. The fourth-order valence-electron chi connectivity index (χ4n) is 2.49. The second-order valence-electron chi connectivity index (χ2n) is 4.74. The van der Waals surface area contributed by atoms with Gasteiger partial charge in [-0.3, -0.25) is 9.88 Å². The Balaban J connectivity index is 1.54. The standard InChI is InChI=1S/C13H17N5/c1-5-14-6-2-12(1)9-17-7-3-13(4-8-17)18-11-15-10-16-18/h1-2,5-6,10-11,13H,3-4,7-9H2. The zero-order valence-electron chi connectivity index (χ0n) is 10.3. The van der Waals surface area contributed by atoms with Crippen molar-refractivity contribution in [3.8, 4) is 0 Å². The van der Waals surface area contributed by atoms with Gasteiger partial charge in [0.25, 0.3) is 0 Å². The van der Waals surface area contributed by atoms with Crippen molar-refractivity contribution in [1.82, 2.24) is 24.6 Å². The molecule has 0 amide bonds. The molecule has 2 aromatic rings. The van der Waals surface area contributed by atoms with Gasteiger partial charge in [-0.1, -0.05) is 0 Å². The molecule has 3 heterocycles. The van der Waals surface area contributed by atoms with Crippen molar-refractivity contribution in [2.45, 2.75) is 25.4 Å². The van der Waals surface area contributed by atoms with E-state index in [4.69, 9.17) is 0 Å². The molecule has 1 fully saturated rings. The summed E-state index contributed by atoms with van der Waals surface area (Å²) in [6, 6.07) is 4.69. The first-order valence-electron chi connectivity index (χ1n) is 6.37. The lowest BCUT2D eigenvalue weighted by Gasteiger charge is -2.31.